The molecule has 13 heteroatoms. The maximum atomic E-state index is 13.3. The van der Waals surface area contributed by atoms with Crippen molar-refractivity contribution in [1.82, 2.24) is 0 Å². The van der Waals surface area contributed by atoms with Crippen LogP contribution in [0.5, 0.6) is 0 Å². The monoisotopic (exact) mass is 558 g/mol. The van der Waals surface area contributed by atoms with Gasteiger partial charge in [0.05, 0.1) is 9.49 Å². The van der Waals surface area contributed by atoms with Gasteiger partial charge in [-0.15, -0.1) is 11.8 Å². The Morgan fingerprint density at radius 2 is 0.966 bits per heavy atom. The third-order valence-corrected chi connectivity index (χ3v) is 8.88. The molecule has 2 atom stereocenters. The Hall–Kier alpha value is 0.630. The first kappa shape index (κ1) is 25.9. The molecule has 2 rings (SSSR count). The first-order chi connectivity index (χ1) is 12.8. The largest absolute Gasteiger partial charge is 0.412 e. The van der Waals surface area contributed by atoms with E-state index in [2.05, 4.69) is 0 Å². The van der Waals surface area contributed by atoms with Gasteiger partial charge >= 0.3 is 12.4 Å². The van der Waals surface area contributed by atoms with Gasteiger partial charge in [0.2, 0.25) is 7.59 Å². The number of alkyl halides is 12. The van der Waals surface area contributed by atoms with Gasteiger partial charge in [-0.25, -0.2) is 0 Å². The lowest BCUT2D eigenvalue weighted by Crippen LogP contribution is -2.50. The highest BCUT2D eigenvalue weighted by Crippen LogP contribution is 2.64. The summed E-state index contributed by atoms with van der Waals surface area (Å²) in [4.78, 5) is 0. The van der Waals surface area contributed by atoms with Crippen molar-refractivity contribution in [2.45, 2.75) is 42.3 Å². The fourth-order valence-electron chi connectivity index (χ4n) is 2.80. The van der Waals surface area contributed by atoms with Gasteiger partial charge in [0, 0.05) is 11.1 Å². The van der Waals surface area contributed by atoms with Crippen LogP contribution in [-0.4, -0.2) is 29.4 Å². The van der Waals surface area contributed by atoms with E-state index in [9.17, 15) is 26.3 Å². The molecular formula is C16H10Cl6F6S. The number of thioether (sulfide) groups is 1. The van der Waals surface area contributed by atoms with Gasteiger partial charge in [0.25, 0.3) is 0 Å². The zero-order valence-corrected chi connectivity index (χ0v) is 19.2. The van der Waals surface area contributed by atoms with E-state index in [-0.39, 0.29) is 0 Å². The van der Waals surface area contributed by atoms with Crippen molar-refractivity contribution in [3.63, 3.8) is 0 Å². The fourth-order valence-corrected chi connectivity index (χ4v) is 5.90. The van der Waals surface area contributed by atoms with Crippen LogP contribution in [0.1, 0.15) is 12.8 Å². The van der Waals surface area contributed by atoms with Gasteiger partial charge in [-0.2, -0.15) is 26.3 Å². The lowest BCUT2D eigenvalue weighted by molar-refractivity contribution is -0.0952. The molecule has 0 aromatic carbocycles. The SMILES string of the molecule is FC(F)(F)C1=CC=CC(SC2(C(Cl)(Cl)Cl)C=CC=C(C(F)(F)F)C2)(C(Cl)(Cl)Cl)C1. The average Bonchev–Trinajstić information content (AvgIpc) is 2.51. The summed E-state index contributed by atoms with van der Waals surface area (Å²) in [6, 6.07) is 0. The second kappa shape index (κ2) is 8.20. The summed E-state index contributed by atoms with van der Waals surface area (Å²) in [5, 5.41) is 0. The highest BCUT2D eigenvalue weighted by molar-refractivity contribution is 8.03. The van der Waals surface area contributed by atoms with Crippen LogP contribution < -0.4 is 0 Å². The molecule has 0 heterocycles. The molecule has 0 amide bonds. The van der Waals surface area contributed by atoms with Crippen LogP contribution in [0.4, 0.5) is 26.3 Å². The first-order valence-corrected chi connectivity index (χ1v) is 10.7. The van der Waals surface area contributed by atoms with Crippen molar-refractivity contribution >= 4 is 81.4 Å². The molecule has 0 aromatic rings. The number of halogens is 12. The van der Waals surface area contributed by atoms with Gasteiger partial charge in [-0.3, -0.25) is 0 Å². The highest BCUT2D eigenvalue weighted by atomic mass is 35.6. The second-order valence-corrected chi connectivity index (χ2v) is 12.6. The van der Waals surface area contributed by atoms with E-state index in [0.717, 1.165) is 36.5 Å². The molecule has 0 N–H and O–H groups in total. The molecule has 2 aliphatic carbocycles. The normalized spacial score (nSPS) is 29.0. The maximum absolute atomic E-state index is 13.3. The Morgan fingerprint density at radius 1 is 0.655 bits per heavy atom. The van der Waals surface area contributed by atoms with Crippen LogP contribution >= 0.6 is 81.4 Å². The van der Waals surface area contributed by atoms with Gasteiger partial charge < -0.3 is 0 Å². The summed E-state index contributed by atoms with van der Waals surface area (Å²) in [7, 11) is 0. The third kappa shape index (κ3) is 5.52. The highest BCUT2D eigenvalue weighted by Gasteiger charge is 2.61. The molecule has 0 saturated carbocycles. The zero-order valence-electron chi connectivity index (χ0n) is 13.8. The summed E-state index contributed by atoms with van der Waals surface area (Å²) in [5.74, 6) is 0. The molecule has 0 aromatic heterocycles. The minimum atomic E-state index is -4.75. The van der Waals surface area contributed by atoms with Crippen LogP contribution in [0.2, 0.25) is 0 Å². The summed E-state index contributed by atoms with van der Waals surface area (Å²) < 4.78 is 71.1. The first-order valence-electron chi connectivity index (χ1n) is 7.58. The minimum Gasteiger partial charge on any atom is -0.166 e. The van der Waals surface area contributed by atoms with Crippen molar-refractivity contribution in [1.29, 1.82) is 0 Å². The second-order valence-electron chi connectivity index (χ2n) is 6.33. The smallest absolute Gasteiger partial charge is 0.166 e. The molecule has 0 nitrogen and oxygen atoms in total. The van der Waals surface area contributed by atoms with E-state index < -0.39 is 53.4 Å². The molecule has 0 fully saturated rings. The van der Waals surface area contributed by atoms with Crippen molar-refractivity contribution in [2.24, 2.45) is 0 Å². The van der Waals surface area contributed by atoms with Gasteiger partial charge in [0.15, 0.2) is 0 Å². The third-order valence-electron chi connectivity index (χ3n) is 4.28. The summed E-state index contributed by atoms with van der Waals surface area (Å²) in [5.41, 5.74) is -2.07. The molecular weight excluding hydrogens is 551 g/mol. The van der Waals surface area contributed by atoms with Crippen molar-refractivity contribution < 1.29 is 26.3 Å². The Bertz CT molecular complexity index is 707. The number of rotatable bonds is 2. The Kier molecular flexibility index (Phi) is 7.32. The van der Waals surface area contributed by atoms with Crippen LogP contribution in [0, 0.1) is 0 Å². The number of hydrogen-bond acceptors (Lipinski definition) is 1. The molecule has 0 bridgehead atoms. The summed E-state index contributed by atoms with van der Waals surface area (Å²) >= 11 is 36.5. The summed E-state index contributed by atoms with van der Waals surface area (Å²) in [6.07, 6.45) is -5.27. The topological polar surface area (TPSA) is 0 Å². The maximum Gasteiger partial charge on any atom is 0.412 e. The van der Waals surface area contributed by atoms with Crippen LogP contribution in [0.15, 0.2) is 47.6 Å². The van der Waals surface area contributed by atoms with Crippen LogP contribution in [0.3, 0.4) is 0 Å². The van der Waals surface area contributed by atoms with E-state index in [4.69, 9.17) is 69.6 Å². The molecule has 0 radical (unpaired) electrons. The quantitative estimate of drug-likeness (QED) is 0.240. The van der Waals surface area contributed by atoms with Gasteiger partial charge in [0.1, 0.15) is 0 Å². The van der Waals surface area contributed by atoms with Crippen LogP contribution in [-0.2, 0) is 0 Å². The van der Waals surface area contributed by atoms with E-state index in [0.29, 0.717) is 11.8 Å². The molecule has 2 unspecified atom stereocenters. The fraction of sp³-hybridized carbons (Fsp3) is 0.500. The van der Waals surface area contributed by atoms with Gasteiger partial charge in [-0.1, -0.05) is 106 Å². The summed E-state index contributed by atoms with van der Waals surface area (Å²) in [6.45, 7) is 0. The standard InChI is InChI=1S/C16H10Cl6F6S/c17-15(18,19)11(5-1-3-9(7-11)13(23,24)25)29-12(16(20,21)22)6-2-4-10(8-12)14(26,27)28/h1-6H,7-8H2. The van der Waals surface area contributed by atoms with E-state index in [1.165, 1.54) is 0 Å². The molecule has 0 saturated heterocycles. The van der Waals surface area contributed by atoms with Crippen molar-refractivity contribution in [3.05, 3.63) is 47.6 Å². The van der Waals surface area contributed by atoms with Crippen molar-refractivity contribution in [2.75, 3.05) is 0 Å². The van der Waals surface area contributed by atoms with Crippen LogP contribution in [0.25, 0.3) is 0 Å². The number of hydrogen-bond donors (Lipinski definition) is 0. The van der Waals surface area contributed by atoms with E-state index in [1.807, 2.05) is 0 Å². The minimum absolute atomic E-state index is 0.443. The van der Waals surface area contributed by atoms with Crippen molar-refractivity contribution in [3.8, 4) is 0 Å². The molecule has 0 aliphatic heterocycles. The predicted molar refractivity (Wildman–Crippen MR) is 109 cm³/mol. The molecule has 2 aliphatic rings. The average molecular weight is 561 g/mol. The lowest BCUT2D eigenvalue weighted by Gasteiger charge is -2.48. The van der Waals surface area contributed by atoms with Gasteiger partial charge in [-0.05, 0) is 12.8 Å². The Morgan fingerprint density at radius 3 is 1.21 bits per heavy atom. The molecule has 164 valence electrons. The zero-order chi connectivity index (χ0) is 22.5. The predicted octanol–water partition coefficient (Wildman–Crippen LogP) is 8.83. The Labute approximate surface area is 196 Å². The lowest BCUT2D eigenvalue weighted by atomic mass is 9.93. The molecule has 0 spiro atoms. The Balaban J connectivity index is 2.57. The number of allylic oxidation sites excluding steroid dienone is 6. The van der Waals surface area contributed by atoms with E-state index >= 15 is 0 Å². The van der Waals surface area contributed by atoms with E-state index in [1.54, 1.807) is 0 Å². The molecule has 29 heavy (non-hydrogen) atoms.